The van der Waals surface area contributed by atoms with E-state index in [9.17, 15) is 4.79 Å². The predicted molar refractivity (Wildman–Crippen MR) is 123 cm³/mol. The number of ether oxygens (including phenoxy) is 2. The van der Waals surface area contributed by atoms with Crippen LogP contribution >= 0.6 is 11.3 Å². The smallest absolute Gasteiger partial charge is 0.257 e. The molecule has 6 rings (SSSR count). The summed E-state index contributed by atoms with van der Waals surface area (Å²) in [6, 6.07) is 21.0. The highest BCUT2D eigenvalue weighted by molar-refractivity contribution is 7.14. The van der Waals surface area contributed by atoms with E-state index in [-0.39, 0.29) is 12.7 Å². The molecule has 8 heteroatoms. The van der Waals surface area contributed by atoms with Gasteiger partial charge in [0.05, 0.1) is 16.7 Å². The molecule has 0 radical (unpaired) electrons. The molecule has 7 nitrogen and oxygen atoms in total. The first-order chi connectivity index (χ1) is 15.7. The molecule has 1 aliphatic rings. The molecule has 156 valence electrons. The number of imidazole rings is 1. The molecule has 1 aliphatic heterocycles. The molecule has 2 aromatic heterocycles. The van der Waals surface area contributed by atoms with Gasteiger partial charge < -0.3 is 9.47 Å². The molecule has 0 saturated carbocycles. The summed E-state index contributed by atoms with van der Waals surface area (Å²) in [6.07, 6.45) is 1.78. The number of carbonyl (C=O) groups excluding carboxylic acids is 1. The summed E-state index contributed by atoms with van der Waals surface area (Å²) in [5, 5.41) is 5.32. The van der Waals surface area contributed by atoms with Crippen molar-refractivity contribution in [2.75, 3.05) is 12.1 Å². The Morgan fingerprint density at radius 3 is 2.75 bits per heavy atom. The van der Waals surface area contributed by atoms with Gasteiger partial charge in [0.15, 0.2) is 16.6 Å². The molecule has 5 aromatic rings. The van der Waals surface area contributed by atoms with E-state index in [1.165, 1.54) is 11.3 Å². The largest absolute Gasteiger partial charge is 0.454 e. The fraction of sp³-hybridized carbons (Fsp3) is 0.0417. The van der Waals surface area contributed by atoms with Gasteiger partial charge >= 0.3 is 0 Å². The Kier molecular flexibility index (Phi) is 4.36. The number of nitrogens with one attached hydrogen (secondary N) is 1. The Labute approximate surface area is 186 Å². The molecule has 1 N–H and O–H groups in total. The van der Waals surface area contributed by atoms with E-state index in [2.05, 4.69) is 15.3 Å². The zero-order chi connectivity index (χ0) is 21.5. The third-order valence-electron chi connectivity index (χ3n) is 5.25. The average Bonchev–Trinajstić information content (AvgIpc) is 3.58. The number of anilines is 1. The van der Waals surface area contributed by atoms with E-state index in [0.717, 1.165) is 33.7 Å². The molecular formula is C24H16N4O3S. The van der Waals surface area contributed by atoms with Gasteiger partial charge in [-0.3, -0.25) is 14.7 Å². The van der Waals surface area contributed by atoms with Crippen molar-refractivity contribution < 1.29 is 14.3 Å². The van der Waals surface area contributed by atoms with Crippen LogP contribution in [0, 0.1) is 0 Å². The second kappa shape index (κ2) is 7.51. The third-order valence-corrected chi connectivity index (χ3v) is 6.01. The number of aromatic nitrogens is 3. The SMILES string of the molecule is O=C(Nc1nc(-c2ccc3c(c2)OCO3)cs1)c1ccc(-n2cnc3ccccc32)cc1. The number of amides is 1. The highest BCUT2D eigenvalue weighted by atomic mass is 32.1. The average molecular weight is 440 g/mol. The molecule has 0 saturated heterocycles. The monoisotopic (exact) mass is 440 g/mol. The van der Waals surface area contributed by atoms with Crippen LogP contribution in [0.4, 0.5) is 5.13 Å². The minimum absolute atomic E-state index is 0.210. The maximum absolute atomic E-state index is 12.7. The molecule has 0 fully saturated rings. The summed E-state index contributed by atoms with van der Waals surface area (Å²) in [5.74, 6) is 1.22. The van der Waals surface area contributed by atoms with Gasteiger partial charge in [-0.05, 0) is 54.6 Å². The fourth-order valence-electron chi connectivity index (χ4n) is 3.63. The van der Waals surface area contributed by atoms with Gasteiger partial charge in [0.1, 0.15) is 6.33 Å². The third kappa shape index (κ3) is 3.27. The van der Waals surface area contributed by atoms with Gasteiger partial charge in [-0.15, -0.1) is 11.3 Å². The molecule has 3 heterocycles. The topological polar surface area (TPSA) is 78.3 Å². The summed E-state index contributed by atoms with van der Waals surface area (Å²) < 4.78 is 12.8. The van der Waals surface area contributed by atoms with Gasteiger partial charge in [0, 0.05) is 22.2 Å². The lowest BCUT2D eigenvalue weighted by atomic mass is 10.1. The first kappa shape index (κ1) is 18.6. The lowest BCUT2D eigenvalue weighted by molar-refractivity contribution is 0.102. The first-order valence-electron chi connectivity index (χ1n) is 9.94. The van der Waals surface area contributed by atoms with Crippen LogP contribution in [0.2, 0.25) is 0 Å². The number of rotatable bonds is 4. The Bertz CT molecular complexity index is 1460. The Balaban J connectivity index is 1.19. The zero-order valence-electron chi connectivity index (χ0n) is 16.7. The van der Waals surface area contributed by atoms with E-state index in [1.54, 1.807) is 18.5 Å². The van der Waals surface area contributed by atoms with Crippen LogP contribution in [-0.2, 0) is 0 Å². The van der Waals surface area contributed by atoms with Crippen LogP contribution in [0.1, 0.15) is 10.4 Å². The van der Waals surface area contributed by atoms with Crippen LogP contribution in [0.5, 0.6) is 11.5 Å². The van der Waals surface area contributed by atoms with Crippen LogP contribution in [-0.4, -0.2) is 27.2 Å². The Morgan fingerprint density at radius 1 is 1.00 bits per heavy atom. The first-order valence-corrected chi connectivity index (χ1v) is 10.8. The molecular weight excluding hydrogens is 424 g/mol. The van der Waals surface area contributed by atoms with Gasteiger partial charge in [0.25, 0.3) is 5.91 Å². The minimum atomic E-state index is -0.210. The number of thiazole rings is 1. The summed E-state index contributed by atoms with van der Waals surface area (Å²) in [7, 11) is 0. The van der Waals surface area contributed by atoms with Gasteiger partial charge in [-0.1, -0.05) is 12.1 Å². The number of fused-ring (bicyclic) bond motifs is 2. The van der Waals surface area contributed by atoms with Crippen molar-refractivity contribution in [2.45, 2.75) is 0 Å². The number of hydrogen-bond donors (Lipinski definition) is 1. The second-order valence-electron chi connectivity index (χ2n) is 7.21. The lowest BCUT2D eigenvalue weighted by Crippen LogP contribution is -2.11. The van der Waals surface area contributed by atoms with Crippen LogP contribution in [0.25, 0.3) is 28.0 Å². The molecule has 32 heavy (non-hydrogen) atoms. The van der Waals surface area contributed by atoms with Crippen molar-refractivity contribution >= 4 is 33.4 Å². The van der Waals surface area contributed by atoms with Crippen molar-refractivity contribution in [3.05, 3.63) is 84.0 Å². The summed E-state index contributed by atoms with van der Waals surface area (Å²) in [4.78, 5) is 21.7. The molecule has 0 unspecified atom stereocenters. The minimum Gasteiger partial charge on any atom is -0.454 e. The predicted octanol–water partition coefficient (Wildman–Crippen LogP) is 5.13. The van der Waals surface area contributed by atoms with E-state index in [4.69, 9.17) is 9.47 Å². The number of para-hydroxylation sites is 2. The lowest BCUT2D eigenvalue weighted by Gasteiger charge is -2.06. The zero-order valence-corrected chi connectivity index (χ0v) is 17.5. The number of hydrogen-bond acceptors (Lipinski definition) is 6. The number of benzene rings is 3. The molecule has 0 bridgehead atoms. The Hall–Kier alpha value is -4.17. The van der Waals surface area contributed by atoms with Crippen molar-refractivity contribution in [1.29, 1.82) is 0 Å². The summed E-state index contributed by atoms with van der Waals surface area (Å²) in [6.45, 7) is 0.229. The molecule has 1 amide bonds. The molecule has 0 atom stereocenters. The number of nitrogens with zero attached hydrogens (tertiary/aromatic N) is 3. The van der Waals surface area contributed by atoms with E-state index >= 15 is 0 Å². The normalized spacial score (nSPS) is 12.2. The van der Waals surface area contributed by atoms with E-state index in [1.807, 2.05) is 64.5 Å². The fourth-order valence-corrected chi connectivity index (χ4v) is 4.34. The number of carbonyl (C=O) groups is 1. The van der Waals surface area contributed by atoms with Gasteiger partial charge in [-0.2, -0.15) is 0 Å². The van der Waals surface area contributed by atoms with Crippen molar-refractivity contribution in [3.8, 4) is 28.4 Å². The quantitative estimate of drug-likeness (QED) is 0.419. The highest BCUT2D eigenvalue weighted by Crippen LogP contribution is 2.36. The van der Waals surface area contributed by atoms with E-state index in [0.29, 0.717) is 16.4 Å². The Morgan fingerprint density at radius 2 is 1.84 bits per heavy atom. The molecule has 0 spiro atoms. The summed E-state index contributed by atoms with van der Waals surface area (Å²) in [5.41, 5.74) is 5.11. The highest BCUT2D eigenvalue weighted by Gasteiger charge is 2.16. The summed E-state index contributed by atoms with van der Waals surface area (Å²) >= 11 is 1.38. The van der Waals surface area contributed by atoms with Gasteiger partial charge in [0.2, 0.25) is 6.79 Å². The van der Waals surface area contributed by atoms with Crippen LogP contribution in [0.3, 0.4) is 0 Å². The molecule has 3 aromatic carbocycles. The van der Waals surface area contributed by atoms with E-state index < -0.39 is 0 Å². The van der Waals surface area contributed by atoms with Crippen LogP contribution in [0.15, 0.2) is 78.4 Å². The maximum Gasteiger partial charge on any atom is 0.257 e. The standard InChI is InChI=1S/C24H16N4O3S/c29-23(15-5-8-17(9-6-15)28-13-25-18-3-1-2-4-20(18)28)27-24-26-19(12-32-24)16-7-10-21-22(11-16)31-14-30-21/h1-13H,14H2,(H,26,27,29). The van der Waals surface area contributed by atoms with Crippen molar-refractivity contribution in [2.24, 2.45) is 0 Å². The van der Waals surface area contributed by atoms with Crippen molar-refractivity contribution in [1.82, 2.24) is 14.5 Å². The second-order valence-corrected chi connectivity index (χ2v) is 8.07. The van der Waals surface area contributed by atoms with Gasteiger partial charge in [-0.25, -0.2) is 9.97 Å². The molecule has 0 aliphatic carbocycles. The van der Waals surface area contributed by atoms with Crippen LogP contribution < -0.4 is 14.8 Å². The van der Waals surface area contributed by atoms with Crippen molar-refractivity contribution in [3.63, 3.8) is 0 Å². The maximum atomic E-state index is 12.7.